The maximum absolute atomic E-state index is 10.4. The van der Waals surface area contributed by atoms with Crippen LogP contribution in [0.25, 0.3) is 0 Å². The van der Waals surface area contributed by atoms with Gasteiger partial charge in [0.05, 0.1) is 0 Å². The summed E-state index contributed by atoms with van der Waals surface area (Å²) < 4.78 is 11.5. The third-order valence-electron chi connectivity index (χ3n) is 5.66. The molecule has 2 aromatic rings. The van der Waals surface area contributed by atoms with Crippen LogP contribution in [0.5, 0.6) is 11.5 Å². The monoisotopic (exact) mass is 412 g/mol. The van der Waals surface area contributed by atoms with Gasteiger partial charge in [0.25, 0.3) is 0 Å². The summed E-state index contributed by atoms with van der Waals surface area (Å²) in [5, 5.41) is 13.8. The van der Waals surface area contributed by atoms with E-state index in [-0.39, 0.29) is 0 Å². The van der Waals surface area contributed by atoms with Crippen LogP contribution in [0.4, 0.5) is 0 Å². The molecular formula is C25H36N2O3. The van der Waals surface area contributed by atoms with E-state index < -0.39 is 6.10 Å². The van der Waals surface area contributed by atoms with Crippen LogP contribution in [0.3, 0.4) is 0 Å². The highest BCUT2D eigenvalue weighted by Crippen LogP contribution is 2.21. The Kier molecular flexibility index (Phi) is 9.48. The van der Waals surface area contributed by atoms with E-state index >= 15 is 0 Å². The number of aliphatic hydroxyl groups excluding tert-OH is 1. The molecule has 1 fully saturated rings. The van der Waals surface area contributed by atoms with Crippen LogP contribution in [0.2, 0.25) is 0 Å². The number of para-hydroxylation sites is 1. The average Bonchev–Trinajstić information content (AvgIpc) is 2.79. The summed E-state index contributed by atoms with van der Waals surface area (Å²) in [6.45, 7) is 3.13. The number of ether oxygens (including phenoxy) is 2. The molecule has 0 aliphatic heterocycles. The first-order valence-electron chi connectivity index (χ1n) is 11.2. The quantitative estimate of drug-likeness (QED) is 0.519. The lowest BCUT2D eigenvalue weighted by Gasteiger charge is -2.32. The van der Waals surface area contributed by atoms with Gasteiger partial charge < -0.3 is 24.8 Å². The molecule has 0 amide bonds. The Morgan fingerprint density at radius 3 is 2.57 bits per heavy atom. The van der Waals surface area contributed by atoms with Crippen molar-refractivity contribution in [3.8, 4) is 11.5 Å². The molecule has 1 aliphatic rings. The summed E-state index contributed by atoms with van der Waals surface area (Å²) in [6, 6.07) is 18.5. The molecule has 1 saturated carbocycles. The predicted molar refractivity (Wildman–Crippen MR) is 121 cm³/mol. The van der Waals surface area contributed by atoms with Crippen molar-refractivity contribution in [3.63, 3.8) is 0 Å². The van der Waals surface area contributed by atoms with Gasteiger partial charge in [0.1, 0.15) is 30.8 Å². The summed E-state index contributed by atoms with van der Waals surface area (Å²) in [6.07, 6.45) is 5.97. The fourth-order valence-electron chi connectivity index (χ4n) is 3.98. The molecule has 0 radical (unpaired) electrons. The average molecular weight is 413 g/mol. The molecule has 2 aromatic carbocycles. The maximum Gasteiger partial charge on any atom is 0.119 e. The van der Waals surface area contributed by atoms with Gasteiger partial charge in [0.15, 0.2) is 0 Å². The van der Waals surface area contributed by atoms with E-state index in [0.717, 1.165) is 30.2 Å². The Balaban J connectivity index is 1.33. The van der Waals surface area contributed by atoms with Crippen LogP contribution in [-0.2, 0) is 6.54 Å². The summed E-state index contributed by atoms with van der Waals surface area (Å²) in [5.74, 6) is 1.69. The number of nitrogens with zero attached hydrogens (tertiary/aromatic N) is 1. The van der Waals surface area contributed by atoms with E-state index in [1.807, 2.05) is 48.5 Å². The Morgan fingerprint density at radius 2 is 1.77 bits per heavy atom. The van der Waals surface area contributed by atoms with Gasteiger partial charge in [-0.3, -0.25) is 0 Å². The number of rotatable bonds is 12. The molecule has 1 aliphatic carbocycles. The number of benzene rings is 2. The number of hydrogen-bond acceptors (Lipinski definition) is 5. The topological polar surface area (TPSA) is 54.0 Å². The van der Waals surface area contributed by atoms with Crippen LogP contribution in [0.15, 0.2) is 54.6 Å². The van der Waals surface area contributed by atoms with Crippen molar-refractivity contribution in [2.75, 3.05) is 33.4 Å². The highest BCUT2D eigenvalue weighted by Gasteiger charge is 2.20. The van der Waals surface area contributed by atoms with Crippen LogP contribution in [0, 0.1) is 0 Å². The van der Waals surface area contributed by atoms with Crippen molar-refractivity contribution in [1.82, 2.24) is 10.2 Å². The molecule has 2 N–H and O–H groups in total. The number of likely N-dealkylation sites (N-methyl/N-ethyl adjacent to an activating group) is 1. The Labute approximate surface area is 181 Å². The first kappa shape index (κ1) is 22.6. The lowest BCUT2D eigenvalue weighted by atomic mass is 9.94. The molecule has 5 nitrogen and oxygen atoms in total. The smallest absolute Gasteiger partial charge is 0.119 e. The third kappa shape index (κ3) is 7.98. The van der Waals surface area contributed by atoms with Crippen molar-refractivity contribution in [2.45, 2.75) is 50.8 Å². The fraction of sp³-hybridized carbons (Fsp3) is 0.520. The molecule has 0 bridgehead atoms. The number of nitrogens with one attached hydrogen (secondary N) is 1. The van der Waals surface area contributed by atoms with Gasteiger partial charge in [0, 0.05) is 25.7 Å². The molecule has 3 rings (SSSR count). The second-order valence-corrected chi connectivity index (χ2v) is 8.18. The highest BCUT2D eigenvalue weighted by atomic mass is 16.5. The zero-order valence-electron chi connectivity index (χ0n) is 18.1. The van der Waals surface area contributed by atoms with Gasteiger partial charge in [-0.05, 0) is 49.7 Å². The largest absolute Gasteiger partial charge is 0.492 e. The van der Waals surface area contributed by atoms with E-state index in [1.165, 1.54) is 32.1 Å². The molecule has 0 aromatic heterocycles. The zero-order chi connectivity index (χ0) is 21.0. The molecule has 0 spiro atoms. The van der Waals surface area contributed by atoms with E-state index in [2.05, 4.69) is 23.3 Å². The van der Waals surface area contributed by atoms with Gasteiger partial charge in [-0.1, -0.05) is 49.6 Å². The first-order valence-corrected chi connectivity index (χ1v) is 11.2. The molecule has 1 atom stereocenters. The zero-order valence-corrected chi connectivity index (χ0v) is 18.1. The van der Waals surface area contributed by atoms with Gasteiger partial charge in [-0.15, -0.1) is 0 Å². The SMILES string of the molecule is CN(C[C@H](O)COc1cccc(CNCCOc2ccccc2)c1)C1CCCCC1. The molecule has 5 heteroatoms. The van der Waals surface area contributed by atoms with Crippen molar-refractivity contribution in [3.05, 3.63) is 60.2 Å². The van der Waals surface area contributed by atoms with Crippen molar-refractivity contribution < 1.29 is 14.6 Å². The minimum Gasteiger partial charge on any atom is -0.492 e. The number of hydrogen-bond donors (Lipinski definition) is 2. The van der Waals surface area contributed by atoms with Crippen molar-refractivity contribution >= 4 is 0 Å². The Hall–Kier alpha value is -2.08. The minimum absolute atomic E-state index is 0.318. The lowest BCUT2D eigenvalue weighted by Crippen LogP contribution is -2.40. The summed E-state index contributed by atoms with van der Waals surface area (Å²) in [4.78, 5) is 2.30. The molecule has 0 unspecified atom stereocenters. The Morgan fingerprint density at radius 1 is 1.00 bits per heavy atom. The normalized spacial score (nSPS) is 15.8. The van der Waals surface area contributed by atoms with Crippen LogP contribution < -0.4 is 14.8 Å². The van der Waals surface area contributed by atoms with Gasteiger partial charge in [-0.25, -0.2) is 0 Å². The minimum atomic E-state index is -0.478. The van der Waals surface area contributed by atoms with Gasteiger partial charge in [0.2, 0.25) is 0 Å². The van der Waals surface area contributed by atoms with Gasteiger partial charge >= 0.3 is 0 Å². The van der Waals surface area contributed by atoms with Gasteiger partial charge in [-0.2, -0.15) is 0 Å². The fourth-order valence-corrected chi connectivity index (χ4v) is 3.98. The second-order valence-electron chi connectivity index (χ2n) is 8.18. The summed E-state index contributed by atoms with van der Waals surface area (Å²) >= 11 is 0. The van der Waals surface area contributed by atoms with Crippen molar-refractivity contribution in [1.29, 1.82) is 0 Å². The number of aliphatic hydroxyl groups is 1. The first-order chi connectivity index (χ1) is 14.7. The molecule has 30 heavy (non-hydrogen) atoms. The highest BCUT2D eigenvalue weighted by molar-refractivity contribution is 5.28. The second kappa shape index (κ2) is 12.6. The van der Waals surface area contributed by atoms with Crippen LogP contribution in [0.1, 0.15) is 37.7 Å². The standard InChI is InChI=1S/C25H36N2O3/c1-27(22-10-4-2-5-11-22)19-23(28)20-30-25-14-8-9-21(17-25)18-26-15-16-29-24-12-6-3-7-13-24/h3,6-9,12-14,17,22-23,26,28H,2,4-5,10-11,15-16,18-20H2,1H3/t23-/m0/s1. The molecule has 0 heterocycles. The lowest BCUT2D eigenvalue weighted by molar-refractivity contribution is 0.0561. The van der Waals surface area contributed by atoms with E-state index in [9.17, 15) is 5.11 Å². The van der Waals surface area contributed by atoms with Crippen LogP contribution in [-0.4, -0.2) is 55.5 Å². The van der Waals surface area contributed by atoms with E-state index in [0.29, 0.717) is 25.8 Å². The molecule has 0 saturated heterocycles. The molecular weight excluding hydrogens is 376 g/mol. The maximum atomic E-state index is 10.4. The van der Waals surface area contributed by atoms with Crippen molar-refractivity contribution in [2.24, 2.45) is 0 Å². The van der Waals surface area contributed by atoms with Crippen LogP contribution >= 0.6 is 0 Å². The van der Waals surface area contributed by atoms with E-state index in [1.54, 1.807) is 0 Å². The third-order valence-corrected chi connectivity index (χ3v) is 5.66. The van der Waals surface area contributed by atoms with E-state index in [4.69, 9.17) is 9.47 Å². The predicted octanol–water partition coefficient (Wildman–Crippen LogP) is 3.86. The summed E-state index contributed by atoms with van der Waals surface area (Å²) in [5.41, 5.74) is 1.15. The Bertz CT molecular complexity index is 719. The summed E-state index contributed by atoms with van der Waals surface area (Å²) in [7, 11) is 2.12. The molecule has 164 valence electrons.